The van der Waals surface area contributed by atoms with Crippen LogP contribution in [0.2, 0.25) is 0 Å². The predicted molar refractivity (Wildman–Crippen MR) is 95.6 cm³/mol. The SMILES string of the molecule is CCCCNC(=O)Nc1ccc(N=Nc2ccc([N+](=O)[O-])cc2)cc1. The normalized spacial score (nSPS) is 10.6. The Kier molecular flexibility index (Phi) is 6.58. The molecule has 0 radical (unpaired) electrons. The largest absolute Gasteiger partial charge is 0.338 e. The van der Waals surface area contributed by atoms with Crippen molar-refractivity contribution < 1.29 is 9.72 Å². The van der Waals surface area contributed by atoms with E-state index in [9.17, 15) is 14.9 Å². The van der Waals surface area contributed by atoms with Crippen molar-refractivity contribution >= 4 is 28.8 Å². The number of unbranched alkanes of at least 4 members (excludes halogenated alkanes) is 1. The summed E-state index contributed by atoms with van der Waals surface area (Å²) in [6.07, 6.45) is 1.96. The fraction of sp³-hybridized carbons (Fsp3) is 0.235. The molecule has 0 aromatic heterocycles. The number of nitrogens with one attached hydrogen (secondary N) is 2. The molecule has 2 rings (SSSR count). The topological polar surface area (TPSA) is 109 Å². The third-order valence-corrected chi connectivity index (χ3v) is 3.28. The summed E-state index contributed by atoms with van der Waals surface area (Å²) >= 11 is 0. The third-order valence-electron chi connectivity index (χ3n) is 3.28. The molecular formula is C17H19N5O3. The van der Waals surface area contributed by atoms with Crippen LogP contribution in [0.1, 0.15) is 19.8 Å². The molecule has 2 aromatic carbocycles. The number of carbonyl (C=O) groups excluding carboxylic acids is 1. The summed E-state index contributed by atoms with van der Waals surface area (Å²) in [7, 11) is 0. The molecule has 0 saturated heterocycles. The highest BCUT2D eigenvalue weighted by Crippen LogP contribution is 2.22. The number of hydrogen-bond acceptors (Lipinski definition) is 5. The van der Waals surface area contributed by atoms with Crippen LogP contribution in [-0.4, -0.2) is 17.5 Å². The van der Waals surface area contributed by atoms with Crippen molar-refractivity contribution in [2.75, 3.05) is 11.9 Å². The molecule has 0 spiro atoms. The van der Waals surface area contributed by atoms with Gasteiger partial charge in [0.1, 0.15) is 0 Å². The maximum Gasteiger partial charge on any atom is 0.319 e. The van der Waals surface area contributed by atoms with Gasteiger partial charge in [0.2, 0.25) is 0 Å². The Labute approximate surface area is 145 Å². The van der Waals surface area contributed by atoms with E-state index in [1.165, 1.54) is 24.3 Å². The number of azo groups is 1. The number of non-ortho nitro benzene ring substituents is 1. The molecule has 8 nitrogen and oxygen atoms in total. The van der Waals surface area contributed by atoms with Crippen LogP contribution in [0.15, 0.2) is 58.8 Å². The molecular weight excluding hydrogens is 322 g/mol. The van der Waals surface area contributed by atoms with Crippen LogP contribution < -0.4 is 10.6 Å². The van der Waals surface area contributed by atoms with Crippen LogP contribution in [-0.2, 0) is 0 Å². The fourth-order valence-electron chi connectivity index (χ4n) is 1.92. The second-order valence-electron chi connectivity index (χ2n) is 5.25. The van der Waals surface area contributed by atoms with Gasteiger partial charge in [-0.15, -0.1) is 0 Å². The molecule has 0 atom stereocenters. The quantitative estimate of drug-likeness (QED) is 0.322. The van der Waals surface area contributed by atoms with Gasteiger partial charge in [-0.05, 0) is 42.8 Å². The molecule has 8 heteroatoms. The first-order chi connectivity index (χ1) is 12.1. The zero-order chi connectivity index (χ0) is 18.1. The lowest BCUT2D eigenvalue weighted by atomic mass is 10.3. The summed E-state index contributed by atoms with van der Waals surface area (Å²) in [4.78, 5) is 21.8. The van der Waals surface area contributed by atoms with Gasteiger partial charge in [-0.2, -0.15) is 10.2 Å². The minimum atomic E-state index is -0.467. The van der Waals surface area contributed by atoms with Crippen LogP contribution in [0.4, 0.5) is 27.5 Å². The van der Waals surface area contributed by atoms with E-state index in [0.29, 0.717) is 23.6 Å². The molecule has 2 N–H and O–H groups in total. The van der Waals surface area contributed by atoms with Crippen molar-refractivity contribution in [2.24, 2.45) is 10.2 Å². The Hall–Kier alpha value is -3.29. The highest BCUT2D eigenvalue weighted by atomic mass is 16.6. The first-order valence-corrected chi connectivity index (χ1v) is 7.89. The average Bonchev–Trinajstić information content (AvgIpc) is 2.62. The Morgan fingerprint density at radius 3 is 2.12 bits per heavy atom. The maximum atomic E-state index is 11.6. The molecule has 0 aliphatic carbocycles. The van der Waals surface area contributed by atoms with Gasteiger partial charge >= 0.3 is 6.03 Å². The second-order valence-corrected chi connectivity index (χ2v) is 5.25. The third kappa shape index (κ3) is 6.02. The molecule has 0 saturated carbocycles. The number of nitro groups is 1. The Morgan fingerprint density at radius 2 is 1.60 bits per heavy atom. The van der Waals surface area contributed by atoms with Crippen molar-refractivity contribution in [1.82, 2.24) is 5.32 Å². The van der Waals surface area contributed by atoms with E-state index >= 15 is 0 Å². The van der Waals surface area contributed by atoms with Gasteiger partial charge in [-0.25, -0.2) is 4.79 Å². The minimum Gasteiger partial charge on any atom is -0.338 e. The fourth-order valence-corrected chi connectivity index (χ4v) is 1.92. The highest BCUT2D eigenvalue weighted by Gasteiger charge is 2.03. The lowest BCUT2D eigenvalue weighted by molar-refractivity contribution is -0.384. The van der Waals surface area contributed by atoms with Crippen LogP contribution in [0, 0.1) is 10.1 Å². The van der Waals surface area contributed by atoms with E-state index in [2.05, 4.69) is 27.8 Å². The molecule has 0 aliphatic heterocycles. The van der Waals surface area contributed by atoms with Crippen molar-refractivity contribution in [1.29, 1.82) is 0 Å². The number of hydrogen-bond donors (Lipinski definition) is 2. The van der Waals surface area contributed by atoms with Gasteiger partial charge in [0.05, 0.1) is 16.3 Å². The number of amides is 2. The Balaban J connectivity index is 1.91. The monoisotopic (exact) mass is 341 g/mol. The summed E-state index contributed by atoms with van der Waals surface area (Å²) in [6.45, 7) is 2.70. The first kappa shape index (κ1) is 18.1. The molecule has 0 heterocycles. The Morgan fingerprint density at radius 1 is 1.04 bits per heavy atom. The van der Waals surface area contributed by atoms with Gasteiger partial charge in [0.25, 0.3) is 5.69 Å². The first-order valence-electron chi connectivity index (χ1n) is 7.89. The molecule has 130 valence electrons. The summed E-state index contributed by atoms with van der Waals surface area (Å²) < 4.78 is 0. The summed E-state index contributed by atoms with van der Waals surface area (Å²) in [5.41, 5.74) is 1.79. The number of benzene rings is 2. The molecule has 25 heavy (non-hydrogen) atoms. The summed E-state index contributed by atoms with van der Waals surface area (Å²) in [6, 6.07) is 12.4. The van der Waals surface area contributed by atoms with Crippen molar-refractivity contribution in [3.05, 3.63) is 58.6 Å². The molecule has 0 unspecified atom stereocenters. The van der Waals surface area contributed by atoms with Crippen molar-refractivity contribution in [3.63, 3.8) is 0 Å². The number of nitro benzene ring substituents is 1. The van der Waals surface area contributed by atoms with E-state index in [1.54, 1.807) is 24.3 Å². The van der Waals surface area contributed by atoms with Gasteiger partial charge in [0, 0.05) is 24.4 Å². The van der Waals surface area contributed by atoms with Crippen molar-refractivity contribution in [3.8, 4) is 0 Å². The van der Waals surface area contributed by atoms with Crippen LogP contribution >= 0.6 is 0 Å². The van der Waals surface area contributed by atoms with E-state index in [-0.39, 0.29) is 11.7 Å². The molecule has 2 aromatic rings. The van der Waals surface area contributed by atoms with E-state index in [0.717, 1.165) is 12.8 Å². The lowest BCUT2D eigenvalue weighted by Gasteiger charge is -2.06. The number of carbonyl (C=O) groups is 1. The van der Waals surface area contributed by atoms with E-state index < -0.39 is 4.92 Å². The summed E-state index contributed by atoms with van der Waals surface area (Å²) in [5, 5.41) is 24.2. The number of nitrogens with zero attached hydrogens (tertiary/aromatic N) is 3. The van der Waals surface area contributed by atoms with Crippen LogP contribution in [0.25, 0.3) is 0 Å². The molecule has 0 aliphatic rings. The number of rotatable bonds is 7. The zero-order valence-electron chi connectivity index (χ0n) is 13.8. The molecule has 2 amide bonds. The predicted octanol–water partition coefficient (Wildman–Crippen LogP) is 4.93. The standard InChI is InChI=1S/C17H19N5O3/c1-2-3-12-18-17(23)19-13-4-6-14(7-5-13)20-21-15-8-10-16(11-9-15)22(24)25/h4-11H,2-3,12H2,1H3,(H2,18,19,23). The lowest BCUT2D eigenvalue weighted by Crippen LogP contribution is -2.29. The zero-order valence-corrected chi connectivity index (χ0v) is 13.8. The van der Waals surface area contributed by atoms with Crippen molar-refractivity contribution in [2.45, 2.75) is 19.8 Å². The smallest absolute Gasteiger partial charge is 0.319 e. The number of urea groups is 1. The average molecular weight is 341 g/mol. The van der Waals surface area contributed by atoms with Crippen LogP contribution in [0.3, 0.4) is 0 Å². The van der Waals surface area contributed by atoms with Gasteiger partial charge in [0.15, 0.2) is 0 Å². The second kappa shape index (κ2) is 9.11. The van der Waals surface area contributed by atoms with Crippen LogP contribution in [0.5, 0.6) is 0 Å². The van der Waals surface area contributed by atoms with Gasteiger partial charge < -0.3 is 10.6 Å². The van der Waals surface area contributed by atoms with E-state index in [4.69, 9.17) is 0 Å². The highest BCUT2D eigenvalue weighted by molar-refractivity contribution is 5.89. The molecule has 0 fully saturated rings. The van der Waals surface area contributed by atoms with Gasteiger partial charge in [-0.1, -0.05) is 13.3 Å². The maximum absolute atomic E-state index is 11.6. The number of anilines is 1. The molecule has 0 bridgehead atoms. The Bertz CT molecular complexity index is 742. The van der Waals surface area contributed by atoms with E-state index in [1.807, 2.05) is 0 Å². The van der Waals surface area contributed by atoms with Gasteiger partial charge in [-0.3, -0.25) is 10.1 Å². The summed E-state index contributed by atoms with van der Waals surface area (Å²) in [5.74, 6) is 0. The minimum absolute atomic E-state index is 0.00610.